The molecule has 0 aliphatic carbocycles. The Morgan fingerprint density at radius 1 is 1.33 bits per heavy atom. The predicted molar refractivity (Wildman–Crippen MR) is 91.6 cm³/mol. The molecule has 0 aromatic heterocycles. The second-order valence-corrected chi connectivity index (χ2v) is 8.49. The monoisotopic (exact) mass is 326 g/mol. The van der Waals surface area contributed by atoms with E-state index in [0.29, 0.717) is 17.5 Å². The van der Waals surface area contributed by atoms with Crippen molar-refractivity contribution in [3.05, 3.63) is 29.8 Å². The molecule has 0 amide bonds. The van der Waals surface area contributed by atoms with Crippen LogP contribution in [-0.4, -0.2) is 43.0 Å². The molecule has 1 aliphatic heterocycles. The van der Waals surface area contributed by atoms with Gasteiger partial charge in [-0.2, -0.15) is 0 Å². The summed E-state index contributed by atoms with van der Waals surface area (Å²) in [4.78, 5) is 1.86. The highest BCUT2D eigenvalue weighted by atomic mass is 32.2. The number of anilines is 1. The van der Waals surface area contributed by atoms with Gasteiger partial charge in [-0.1, -0.05) is 26.0 Å². The van der Waals surface area contributed by atoms with Crippen molar-refractivity contribution in [3.8, 4) is 0 Å². The van der Waals surface area contributed by atoms with Crippen LogP contribution < -0.4 is 5.32 Å². The van der Waals surface area contributed by atoms with Gasteiger partial charge in [0.05, 0.1) is 11.5 Å². The van der Waals surface area contributed by atoms with E-state index >= 15 is 0 Å². The third kappa shape index (κ3) is 4.17. The highest BCUT2D eigenvalue weighted by Gasteiger charge is 2.31. The van der Waals surface area contributed by atoms with Crippen LogP contribution in [0.2, 0.25) is 0 Å². The van der Waals surface area contributed by atoms with Crippen molar-refractivity contribution in [2.75, 3.05) is 23.9 Å². The zero-order valence-corrected chi connectivity index (χ0v) is 14.3. The van der Waals surface area contributed by atoms with Crippen LogP contribution >= 0.6 is 12.2 Å². The van der Waals surface area contributed by atoms with Gasteiger partial charge in [0, 0.05) is 18.8 Å². The summed E-state index contributed by atoms with van der Waals surface area (Å²) in [7, 11) is -1.04. The van der Waals surface area contributed by atoms with E-state index in [0.717, 1.165) is 5.69 Å². The molecule has 21 heavy (non-hydrogen) atoms. The molecule has 1 atom stereocenters. The minimum atomic E-state index is -2.89. The fourth-order valence-electron chi connectivity index (χ4n) is 2.41. The standard InChI is InChI=1S/C15H22N2O2S2/c1-11(2)12-4-6-13(7-5-12)16-15(20)17(3)14-8-9-21(18,19)10-14/h4-7,11,14H,8-10H2,1-3H3,(H,16,20). The van der Waals surface area contributed by atoms with Crippen LogP contribution in [0.4, 0.5) is 5.69 Å². The van der Waals surface area contributed by atoms with Crippen LogP contribution in [0, 0.1) is 0 Å². The molecule has 1 aliphatic rings. The van der Waals surface area contributed by atoms with Gasteiger partial charge >= 0.3 is 0 Å². The number of rotatable bonds is 3. The quantitative estimate of drug-likeness (QED) is 0.865. The largest absolute Gasteiger partial charge is 0.348 e. The second-order valence-electron chi connectivity index (χ2n) is 5.87. The minimum absolute atomic E-state index is 0.0232. The van der Waals surface area contributed by atoms with Gasteiger partial charge in [0.1, 0.15) is 0 Å². The van der Waals surface area contributed by atoms with Crippen molar-refractivity contribution in [1.82, 2.24) is 4.90 Å². The third-order valence-corrected chi connectivity index (χ3v) is 6.05. The Morgan fingerprint density at radius 3 is 2.43 bits per heavy atom. The smallest absolute Gasteiger partial charge is 0.173 e. The van der Waals surface area contributed by atoms with Crippen LogP contribution in [0.15, 0.2) is 24.3 Å². The second kappa shape index (κ2) is 6.32. The highest BCUT2D eigenvalue weighted by Crippen LogP contribution is 2.20. The van der Waals surface area contributed by atoms with Crippen LogP contribution in [0.5, 0.6) is 0 Å². The molecule has 116 valence electrons. The van der Waals surface area contributed by atoms with E-state index in [-0.39, 0.29) is 17.5 Å². The van der Waals surface area contributed by atoms with Gasteiger partial charge in [0.25, 0.3) is 0 Å². The van der Waals surface area contributed by atoms with E-state index in [9.17, 15) is 8.42 Å². The molecule has 1 fully saturated rings. The number of hydrogen-bond donors (Lipinski definition) is 1. The number of thiocarbonyl (C=S) groups is 1. The molecule has 1 saturated heterocycles. The zero-order valence-electron chi connectivity index (χ0n) is 12.7. The van der Waals surface area contributed by atoms with Crippen LogP contribution in [0.1, 0.15) is 31.7 Å². The molecule has 1 heterocycles. The van der Waals surface area contributed by atoms with Gasteiger partial charge in [0.2, 0.25) is 0 Å². The summed E-state index contributed by atoms with van der Waals surface area (Å²) >= 11 is 5.37. The Labute approximate surface area is 132 Å². The van der Waals surface area contributed by atoms with E-state index in [1.165, 1.54) is 5.56 Å². The Balaban J connectivity index is 1.98. The summed E-state index contributed by atoms with van der Waals surface area (Å²) in [5.74, 6) is 0.947. The molecule has 1 unspecified atom stereocenters. The minimum Gasteiger partial charge on any atom is -0.348 e. The average molecular weight is 326 g/mol. The van der Waals surface area contributed by atoms with E-state index < -0.39 is 9.84 Å². The summed E-state index contributed by atoms with van der Waals surface area (Å²) in [5.41, 5.74) is 2.21. The molecular weight excluding hydrogens is 304 g/mol. The van der Waals surface area contributed by atoms with E-state index in [1.54, 1.807) is 0 Å². The first-order valence-corrected chi connectivity index (χ1v) is 9.35. The molecule has 2 rings (SSSR count). The van der Waals surface area contributed by atoms with Crippen molar-refractivity contribution >= 4 is 32.9 Å². The van der Waals surface area contributed by atoms with Crippen molar-refractivity contribution < 1.29 is 8.42 Å². The lowest BCUT2D eigenvalue weighted by Crippen LogP contribution is -2.40. The Morgan fingerprint density at radius 2 is 1.95 bits per heavy atom. The lowest BCUT2D eigenvalue weighted by Gasteiger charge is -2.26. The molecule has 6 heteroatoms. The number of sulfone groups is 1. The number of nitrogens with zero attached hydrogens (tertiary/aromatic N) is 1. The van der Waals surface area contributed by atoms with E-state index in [1.807, 2.05) is 24.1 Å². The van der Waals surface area contributed by atoms with E-state index in [2.05, 4.69) is 31.3 Å². The van der Waals surface area contributed by atoms with Crippen LogP contribution in [0.25, 0.3) is 0 Å². The van der Waals surface area contributed by atoms with Crippen molar-refractivity contribution in [2.45, 2.75) is 32.2 Å². The Bertz CT molecular complexity index is 609. The average Bonchev–Trinajstić information content (AvgIpc) is 2.78. The fourth-order valence-corrected chi connectivity index (χ4v) is 4.45. The third-order valence-electron chi connectivity index (χ3n) is 3.91. The summed E-state index contributed by atoms with van der Waals surface area (Å²) in [5, 5.41) is 3.74. The van der Waals surface area contributed by atoms with E-state index in [4.69, 9.17) is 12.2 Å². The SMILES string of the molecule is CC(C)c1ccc(NC(=S)N(C)C2CCS(=O)(=O)C2)cc1. The molecule has 1 N–H and O–H groups in total. The van der Waals surface area contributed by atoms with Crippen molar-refractivity contribution in [1.29, 1.82) is 0 Å². The van der Waals surface area contributed by atoms with Gasteiger partial charge in [-0.15, -0.1) is 0 Å². The topological polar surface area (TPSA) is 49.4 Å². The lowest BCUT2D eigenvalue weighted by molar-refractivity contribution is 0.402. The molecule has 0 bridgehead atoms. The van der Waals surface area contributed by atoms with Gasteiger partial charge in [-0.25, -0.2) is 8.42 Å². The number of hydrogen-bond acceptors (Lipinski definition) is 3. The van der Waals surface area contributed by atoms with Gasteiger partial charge < -0.3 is 10.2 Å². The molecule has 0 radical (unpaired) electrons. The Kier molecular flexibility index (Phi) is 4.88. The summed E-state index contributed by atoms with van der Waals surface area (Å²) in [6, 6.07) is 8.14. The number of benzene rings is 1. The maximum Gasteiger partial charge on any atom is 0.173 e. The number of nitrogens with one attached hydrogen (secondary N) is 1. The fraction of sp³-hybridized carbons (Fsp3) is 0.533. The predicted octanol–water partition coefficient (Wildman–Crippen LogP) is 2.63. The normalized spacial score (nSPS) is 20.5. The summed E-state index contributed by atoms with van der Waals surface area (Å²) in [6.07, 6.45) is 0.646. The molecule has 0 spiro atoms. The molecule has 1 aromatic rings. The maximum atomic E-state index is 11.5. The van der Waals surface area contributed by atoms with Crippen molar-refractivity contribution in [3.63, 3.8) is 0 Å². The lowest BCUT2D eigenvalue weighted by atomic mass is 10.0. The van der Waals surface area contributed by atoms with Crippen LogP contribution in [0.3, 0.4) is 0 Å². The highest BCUT2D eigenvalue weighted by molar-refractivity contribution is 7.91. The first-order chi connectivity index (χ1) is 9.78. The first kappa shape index (κ1) is 16.2. The first-order valence-electron chi connectivity index (χ1n) is 7.13. The van der Waals surface area contributed by atoms with Crippen LogP contribution in [-0.2, 0) is 9.84 Å². The molecule has 4 nitrogen and oxygen atoms in total. The molecule has 0 saturated carbocycles. The molecular formula is C15H22N2O2S2. The Hall–Kier alpha value is -1.14. The molecule has 1 aromatic carbocycles. The zero-order chi connectivity index (χ0) is 15.6. The summed E-state index contributed by atoms with van der Waals surface area (Å²) < 4.78 is 23.1. The maximum absolute atomic E-state index is 11.5. The van der Waals surface area contributed by atoms with Gasteiger partial charge in [-0.05, 0) is 42.3 Å². The van der Waals surface area contributed by atoms with Gasteiger partial charge in [0.15, 0.2) is 14.9 Å². The summed E-state index contributed by atoms with van der Waals surface area (Å²) in [6.45, 7) is 4.31. The van der Waals surface area contributed by atoms with Crippen molar-refractivity contribution in [2.24, 2.45) is 0 Å². The van der Waals surface area contributed by atoms with Gasteiger partial charge in [-0.3, -0.25) is 0 Å².